The molecule has 0 unspecified atom stereocenters. The summed E-state index contributed by atoms with van der Waals surface area (Å²) in [6.07, 6.45) is 2.99. The van der Waals surface area contributed by atoms with E-state index in [4.69, 9.17) is 0 Å². The Hall–Kier alpha value is -4.40. The SMILES string of the molecule is Cc1cc(C)nc(-c2cnn(C)c2C(=O)Nc2cn3nc(-c4ccccc4)nc3cc2F)c1. The lowest BCUT2D eigenvalue weighted by molar-refractivity contribution is 0.101. The third-order valence-electron chi connectivity index (χ3n) is 5.23. The van der Waals surface area contributed by atoms with Crippen LogP contribution in [0.25, 0.3) is 28.3 Å². The number of halogens is 1. The third kappa shape index (κ3) is 3.84. The Bertz CT molecular complexity index is 1480. The molecule has 0 aliphatic rings. The van der Waals surface area contributed by atoms with E-state index in [9.17, 15) is 9.18 Å². The number of nitrogens with one attached hydrogen (secondary N) is 1. The summed E-state index contributed by atoms with van der Waals surface area (Å²) in [5.74, 6) is -0.656. The molecule has 0 atom stereocenters. The second-order valence-electron chi connectivity index (χ2n) is 7.79. The molecular formula is C24H20FN7O. The molecule has 4 heterocycles. The van der Waals surface area contributed by atoms with Gasteiger partial charge in [-0.15, -0.1) is 5.10 Å². The molecule has 0 saturated heterocycles. The van der Waals surface area contributed by atoms with E-state index >= 15 is 0 Å². The fourth-order valence-corrected chi connectivity index (χ4v) is 3.76. The summed E-state index contributed by atoms with van der Waals surface area (Å²) in [6.45, 7) is 3.85. The average Bonchev–Trinajstić information content (AvgIpc) is 3.37. The number of aryl methyl sites for hydroxylation is 3. The molecule has 4 aromatic heterocycles. The van der Waals surface area contributed by atoms with Crippen LogP contribution >= 0.6 is 0 Å². The van der Waals surface area contributed by atoms with Gasteiger partial charge in [0, 0.05) is 24.4 Å². The maximum absolute atomic E-state index is 14.8. The monoisotopic (exact) mass is 441 g/mol. The molecule has 0 aliphatic heterocycles. The number of carbonyl (C=O) groups is 1. The molecule has 0 spiro atoms. The third-order valence-corrected chi connectivity index (χ3v) is 5.23. The minimum atomic E-state index is -0.615. The van der Waals surface area contributed by atoms with Crippen LogP contribution in [0, 0.1) is 19.7 Å². The molecular weight excluding hydrogens is 421 g/mol. The fourth-order valence-electron chi connectivity index (χ4n) is 3.76. The molecule has 1 aromatic carbocycles. The zero-order chi connectivity index (χ0) is 23.1. The van der Waals surface area contributed by atoms with Crippen molar-refractivity contribution in [1.29, 1.82) is 0 Å². The van der Waals surface area contributed by atoms with E-state index < -0.39 is 11.7 Å². The first-order valence-electron chi connectivity index (χ1n) is 10.3. The summed E-state index contributed by atoms with van der Waals surface area (Å²) in [4.78, 5) is 22.1. The number of hydrogen-bond acceptors (Lipinski definition) is 5. The topological polar surface area (TPSA) is 90.0 Å². The quantitative estimate of drug-likeness (QED) is 0.451. The van der Waals surface area contributed by atoms with Gasteiger partial charge in [0.2, 0.25) is 0 Å². The normalized spacial score (nSPS) is 11.2. The van der Waals surface area contributed by atoms with Crippen molar-refractivity contribution in [2.75, 3.05) is 5.32 Å². The molecule has 0 radical (unpaired) electrons. The number of benzene rings is 1. The van der Waals surface area contributed by atoms with Crippen molar-refractivity contribution in [3.05, 3.63) is 83.7 Å². The van der Waals surface area contributed by atoms with E-state index in [1.54, 1.807) is 13.2 Å². The number of nitrogens with zero attached hydrogens (tertiary/aromatic N) is 6. The fraction of sp³-hybridized carbons (Fsp3) is 0.125. The number of aromatic nitrogens is 6. The van der Waals surface area contributed by atoms with Crippen LogP contribution in [-0.2, 0) is 7.05 Å². The van der Waals surface area contributed by atoms with E-state index in [1.165, 1.54) is 21.5 Å². The van der Waals surface area contributed by atoms with Gasteiger partial charge in [0.1, 0.15) is 5.69 Å². The van der Waals surface area contributed by atoms with Gasteiger partial charge in [0.05, 0.1) is 29.3 Å². The molecule has 0 saturated carbocycles. The van der Waals surface area contributed by atoms with Crippen LogP contribution in [0.2, 0.25) is 0 Å². The van der Waals surface area contributed by atoms with Crippen LogP contribution < -0.4 is 5.32 Å². The Labute approximate surface area is 188 Å². The van der Waals surface area contributed by atoms with Crippen molar-refractivity contribution in [3.63, 3.8) is 0 Å². The van der Waals surface area contributed by atoms with E-state index in [-0.39, 0.29) is 11.4 Å². The van der Waals surface area contributed by atoms with Crippen LogP contribution in [0.5, 0.6) is 0 Å². The maximum Gasteiger partial charge on any atom is 0.274 e. The molecule has 164 valence electrons. The Morgan fingerprint density at radius 1 is 1.06 bits per heavy atom. The van der Waals surface area contributed by atoms with Gasteiger partial charge in [0.25, 0.3) is 5.91 Å². The van der Waals surface area contributed by atoms with Gasteiger partial charge >= 0.3 is 0 Å². The molecule has 5 rings (SSSR count). The molecule has 8 nitrogen and oxygen atoms in total. The average molecular weight is 441 g/mol. The summed E-state index contributed by atoms with van der Waals surface area (Å²) >= 11 is 0. The van der Waals surface area contributed by atoms with Crippen LogP contribution in [0.1, 0.15) is 21.7 Å². The van der Waals surface area contributed by atoms with Crippen molar-refractivity contribution >= 4 is 17.2 Å². The Morgan fingerprint density at radius 2 is 1.85 bits per heavy atom. The molecule has 0 fully saturated rings. The van der Waals surface area contributed by atoms with Crippen molar-refractivity contribution in [1.82, 2.24) is 29.4 Å². The Balaban J connectivity index is 1.50. The lowest BCUT2D eigenvalue weighted by Gasteiger charge is -2.09. The van der Waals surface area contributed by atoms with Gasteiger partial charge < -0.3 is 5.32 Å². The van der Waals surface area contributed by atoms with E-state index in [0.717, 1.165) is 16.8 Å². The molecule has 33 heavy (non-hydrogen) atoms. The molecule has 5 aromatic rings. The van der Waals surface area contributed by atoms with Gasteiger partial charge in [-0.2, -0.15) is 5.10 Å². The lowest BCUT2D eigenvalue weighted by Crippen LogP contribution is -2.18. The zero-order valence-electron chi connectivity index (χ0n) is 18.2. The van der Waals surface area contributed by atoms with E-state index in [0.29, 0.717) is 22.7 Å². The standard InChI is InChI=1S/C24H20FN7O/c1-14-9-15(2)27-19(10-14)17-12-26-31(3)22(17)24(33)28-20-13-32-21(11-18(20)25)29-23(30-32)16-7-5-4-6-8-16/h4-13H,1-3H3,(H,28,33). The van der Waals surface area contributed by atoms with Crippen molar-refractivity contribution in [3.8, 4) is 22.6 Å². The minimum Gasteiger partial charge on any atom is -0.317 e. The Kier molecular flexibility index (Phi) is 4.93. The summed E-state index contributed by atoms with van der Waals surface area (Å²) < 4.78 is 17.7. The molecule has 0 aliphatic carbocycles. The van der Waals surface area contributed by atoms with Crippen LogP contribution in [0.4, 0.5) is 10.1 Å². The number of hydrogen-bond donors (Lipinski definition) is 1. The lowest BCUT2D eigenvalue weighted by atomic mass is 10.1. The van der Waals surface area contributed by atoms with Crippen LogP contribution in [-0.4, -0.2) is 35.3 Å². The molecule has 1 amide bonds. The van der Waals surface area contributed by atoms with Crippen molar-refractivity contribution < 1.29 is 9.18 Å². The first-order valence-corrected chi connectivity index (χ1v) is 10.3. The highest BCUT2D eigenvalue weighted by Gasteiger charge is 2.21. The predicted molar refractivity (Wildman–Crippen MR) is 122 cm³/mol. The van der Waals surface area contributed by atoms with Crippen LogP contribution in [0.15, 0.2) is 60.9 Å². The van der Waals surface area contributed by atoms with E-state index in [2.05, 4.69) is 25.5 Å². The summed E-state index contributed by atoms with van der Waals surface area (Å²) in [7, 11) is 1.66. The highest BCUT2D eigenvalue weighted by Crippen LogP contribution is 2.25. The largest absolute Gasteiger partial charge is 0.317 e. The van der Waals surface area contributed by atoms with Gasteiger partial charge in [0.15, 0.2) is 17.3 Å². The smallest absolute Gasteiger partial charge is 0.274 e. The predicted octanol–water partition coefficient (Wildman–Crippen LogP) is 4.20. The second-order valence-corrected chi connectivity index (χ2v) is 7.79. The molecule has 0 bridgehead atoms. The van der Waals surface area contributed by atoms with Gasteiger partial charge in [-0.3, -0.25) is 14.5 Å². The first-order chi connectivity index (χ1) is 15.9. The van der Waals surface area contributed by atoms with Crippen molar-refractivity contribution in [2.24, 2.45) is 7.05 Å². The number of anilines is 1. The molecule has 1 N–H and O–H groups in total. The highest BCUT2D eigenvalue weighted by atomic mass is 19.1. The zero-order valence-corrected chi connectivity index (χ0v) is 18.2. The number of rotatable bonds is 4. The first kappa shape index (κ1) is 20.5. The number of pyridine rings is 2. The van der Waals surface area contributed by atoms with Gasteiger partial charge in [-0.1, -0.05) is 30.3 Å². The summed E-state index contributed by atoms with van der Waals surface area (Å²) in [5.41, 5.74) is 4.45. The Morgan fingerprint density at radius 3 is 2.61 bits per heavy atom. The minimum absolute atomic E-state index is 0.0162. The number of fused-ring (bicyclic) bond motifs is 1. The summed E-state index contributed by atoms with van der Waals surface area (Å²) in [6, 6.07) is 14.5. The second kappa shape index (κ2) is 7.94. The van der Waals surface area contributed by atoms with Crippen LogP contribution in [0.3, 0.4) is 0 Å². The molecule has 9 heteroatoms. The maximum atomic E-state index is 14.8. The number of amides is 1. The highest BCUT2D eigenvalue weighted by molar-refractivity contribution is 6.07. The van der Waals surface area contributed by atoms with Gasteiger partial charge in [-0.05, 0) is 31.5 Å². The van der Waals surface area contributed by atoms with E-state index in [1.807, 2.05) is 56.3 Å². The van der Waals surface area contributed by atoms with Crippen molar-refractivity contribution in [2.45, 2.75) is 13.8 Å². The number of carbonyl (C=O) groups excluding carboxylic acids is 1. The summed E-state index contributed by atoms with van der Waals surface area (Å²) in [5, 5.41) is 11.3. The van der Waals surface area contributed by atoms with Gasteiger partial charge in [-0.25, -0.2) is 13.9 Å².